The minimum absolute atomic E-state index is 0.0433. The summed E-state index contributed by atoms with van der Waals surface area (Å²) in [6.45, 7) is 2.17. The maximum Gasteiger partial charge on any atom is 0.271 e. The van der Waals surface area contributed by atoms with Crippen molar-refractivity contribution in [2.75, 3.05) is 0 Å². The van der Waals surface area contributed by atoms with E-state index in [1.165, 1.54) is 6.07 Å². The van der Waals surface area contributed by atoms with E-state index in [0.717, 1.165) is 36.6 Å². The fraction of sp³-hybridized carbons (Fsp3) is 0.360. The summed E-state index contributed by atoms with van der Waals surface area (Å²) in [5, 5.41) is 4.13. The Morgan fingerprint density at radius 1 is 1.13 bits per heavy atom. The molecule has 1 N–H and O–H groups in total. The Bertz CT molecular complexity index is 1160. The molecule has 0 bridgehead atoms. The van der Waals surface area contributed by atoms with Gasteiger partial charge in [0.25, 0.3) is 5.91 Å². The lowest BCUT2D eigenvalue weighted by Gasteiger charge is -2.44. The predicted molar refractivity (Wildman–Crippen MR) is 117 cm³/mol. The number of para-hydroxylation sites is 1. The van der Waals surface area contributed by atoms with Gasteiger partial charge in [-0.05, 0) is 38.0 Å². The average molecular weight is 420 g/mol. The summed E-state index contributed by atoms with van der Waals surface area (Å²) in [5.74, 6) is -0.803. The number of amides is 2. The standard InChI is InChI=1S/C25H26FN3O2/c1-25(24(31)27-19-10-4-5-11-19)16-28-21-13-7-3-8-17(21)14-22(28)23(30)29(25)15-18-9-2-6-12-20(18)26/h2-3,6-9,12-14,19H,4-5,10-11,15-16H2,1H3,(H,27,31). The van der Waals surface area contributed by atoms with Gasteiger partial charge < -0.3 is 14.8 Å². The van der Waals surface area contributed by atoms with Crippen molar-refractivity contribution in [1.82, 2.24) is 14.8 Å². The van der Waals surface area contributed by atoms with E-state index < -0.39 is 5.54 Å². The number of carbonyl (C=O) groups excluding carboxylic acids is 2. The average Bonchev–Trinajstić information content (AvgIpc) is 3.40. The molecule has 1 aliphatic carbocycles. The normalized spacial score (nSPS) is 21.5. The maximum atomic E-state index is 14.5. The minimum Gasteiger partial charge on any atom is -0.351 e. The zero-order valence-electron chi connectivity index (χ0n) is 17.6. The molecule has 5 nitrogen and oxygen atoms in total. The molecular weight excluding hydrogens is 393 g/mol. The van der Waals surface area contributed by atoms with Crippen LogP contribution < -0.4 is 5.32 Å². The second-order valence-corrected chi connectivity index (χ2v) is 8.89. The fourth-order valence-corrected chi connectivity index (χ4v) is 4.96. The van der Waals surface area contributed by atoms with Gasteiger partial charge in [-0.25, -0.2) is 4.39 Å². The smallest absolute Gasteiger partial charge is 0.271 e. The summed E-state index contributed by atoms with van der Waals surface area (Å²) >= 11 is 0. The Kier molecular flexibility index (Phi) is 4.80. The Balaban J connectivity index is 1.58. The number of carbonyl (C=O) groups is 2. The summed E-state index contributed by atoms with van der Waals surface area (Å²) in [7, 11) is 0. The molecule has 1 aromatic heterocycles. The topological polar surface area (TPSA) is 54.3 Å². The molecule has 5 rings (SSSR count). The maximum absolute atomic E-state index is 14.5. The van der Waals surface area contributed by atoms with Gasteiger partial charge in [-0.15, -0.1) is 0 Å². The highest BCUT2D eigenvalue weighted by molar-refractivity contribution is 6.03. The highest BCUT2D eigenvalue weighted by Crippen LogP contribution is 2.34. The summed E-state index contributed by atoms with van der Waals surface area (Å²) in [5.41, 5.74) is 0.733. The van der Waals surface area contributed by atoms with Gasteiger partial charge in [0.05, 0.1) is 13.1 Å². The van der Waals surface area contributed by atoms with Crippen molar-refractivity contribution in [3.05, 3.63) is 71.7 Å². The molecule has 0 saturated heterocycles. The van der Waals surface area contributed by atoms with Crippen LogP contribution in [-0.4, -0.2) is 32.9 Å². The van der Waals surface area contributed by atoms with Crippen molar-refractivity contribution >= 4 is 22.7 Å². The lowest BCUT2D eigenvalue weighted by atomic mass is 9.93. The molecule has 1 fully saturated rings. The summed E-state index contributed by atoms with van der Waals surface area (Å²) in [6.07, 6.45) is 4.12. The van der Waals surface area contributed by atoms with Crippen molar-refractivity contribution in [2.45, 2.75) is 57.3 Å². The molecule has 2 amide bonds. The molecule has 1 unspecified atom stereocenters. The molecule has 1 saturated carbocycles. The highest BCUT2D eigenvalue weighted by Gasteiger charge is 2.48. The number of benzene rings is 2. The van der Waals surface area contributed by atoms with Crippen molar-refractivity contribution in [3.8, 4) is 0 Å². The van der Waals surface area contributed by atoms with Gasteiger partial charge in [-0.2, -0.15) is 0 Å². The SMILES string of the molecule is CC1(C(=O)NC2CCCC2)Cn2c(cc3ccccc32)C(=O)N1Cc1ccccc1F. The van der Waals surface area contributed by atoms with Crippen LogP contribution in [0.3, 0.4) is 0 Å². The Morgan fingerprint density at radius 2 is 1.84 bits per heavy atom. The number of halogens is 1. The van der Waals surface area contributed by atoms with Crippen molar-refractivity contribution in [1.29, 1.82) is 0 Å². The van der Waals surface area contributed by atoms with E-state index in [4.69, 9.17) is 0 Å². The van der Waals surface area contributed by atoms with Crippen molar-refractivity contribution in [2.24, 2.45) is 0 Å². The van der Waals surface area contributed by atoms with Gasteiger partial charge in [-0.3, -0.25) is 9.59 Å². The second-order valence-electron chi connectivity index (χ2n) is 8.89. The third kappa shape index (κ3) is 3.30. The van der Waals surface area contributed by atoms with Gasteiger partial charge in [0.1, 0.15) is 17.1 Å². The number of aromatic nitrogens is 1. The highest BCUT2D eigenvalue weighted by atomic mass is 19.1. The minimum atomic E-state index is -1.13. The molecule has 1 aliphatic heterocycles. The number of nitrogens with one attached hydrogen (secondary N) is 1. The largest absolute Gasteiger partial charge is 0.351 e. The van der Waals surface area contributed by atoms with Gasteiger partial charge >= 0.3 is 0 Å². The molecule has 0 radical (unpaired) electrons. The van der Waals surface area contributed by atoms with Crippen LogP contribution in [0.2, 0.25) is 0 Å². The zero-order chi connectivity index (χ0) is 21.6. The summed E-state index contributed by atoms with van der Waals surface area (Å²) in [6, 6.07) is 16.2. The van der Waals surface area contributed by atoms with Crippen molar-refractivity contribution in [3.63, 3.8) is 0 Å². The van der Waals surface area contributed by atoms with Gasteiger partial charge in [0.2, 0.25) is 5.91 Å². The molecule has 2 heterocycles. The fourth-order valence-electron chi connectivity index (χ4n) is 4.96. The summed E-state index contributed by atoms with van der Waals surface area (Å²) in [4.78, 5) is 28.8. The van der Waals surface area contributed by atoms with Crippen LogP contribution in [-0.2, 0) is 17.9 Å². The lowest BCUT2D eigenvalue weighted by Crippen LogP contribution is -2.64. The van der Waals surface area contributed by atoms with E-state index in [2.05, 4.69) is 5.32 Å². The van der Waals surface area contributed by atoms with E-state index in [0.29, 0.717) is 17.8 Å². The van der Waals surface area contributed by atoms with Crippen LogP contribution in [0.5, 0.6) is 0 Å². The number of nitrogens with zero attached hydrogens (tertiary/aromatic N) is 2. The lowest BCUT2D eigenvalue weighted by molar-refractivity contribution is -0.133. The molecule has 1 atom stereocenters. The monoisotopic (exact) mass is 419 g/mol. The number of rotatable bonds is 4. The van der Waals surface area contributed by atoms with Crippen LogP contribution in [0.15, 0.2) is 54.6 Å². The summed E-state index contributed by atoms with van der Waals surface area (Å²) < 4.78 is 16.4. The Hall–Kier alpha value is -3.15. The quantitative estimate of drug-likeness (QED) is 0.687. The van der Waals surface area contributed by atoms with Gasteiger partial charge in [-0.1, -0.05) is 49.2 Å². The number of hydrogen-bond acceptors (Lipinski definition) is 2. The third-order valence-electron chi connectivity index (χ3n) is 6.80. The first-order chi connectivity index (χ1) is 15.0. The van der Waals surface area contributed by atoms with E-state index in [1.807, 2.05) is 34.9 Å². The molecule has 2 aromatic carbocycles. The first-order valence-corrected chi connectivity index (χ1v) is 10.9. The molecule has 0 spiro atoms. The van der Waals surface area contributed by atoms with Crippen LogP contribution in [0.1, 0.15) is 48.7 Å². The molecule has 160 valence electrons. The van der Waals surface area contributed by atoms with E-state index in [1.54, 1.807) is 30.0 Å². The molecule has 31 heavy (non-hydrogen) atoms. The van der Waals surface area contributed by atoms with Gasteiger partial charge in [0.15, 0.2) is 0 Å². The van der Waals surface area contributed by atoms with Gasteiger partial charge in [0, 0.05) is 22.5 Å². The van der Waals surface area contributed by atoms with E-state index in [9.17, 15) is 14.0 Å². The predicted octanol–water partition coefficient (Wildman–Crippen LogP) is 4.25. The molecule has 6 heteroatoms. The first-order valence-electron chi connectivity index (χ1n) is 10.9. The van der Waals surface area contributed by atoms with Crippen molar-refractivity contribution < 1.29 is 14.0 Å². The van der Waals surface area contributed by atoms with E-state index >= 15 is 0 Å². The van der Waals surface area contributed by atoms with E-state index in [-0.39, 0.29) is 30.2 Å². The second kappa shape index (κ2) is 7.52. The molecular formula is C25H26FN3O2. The van der Waals surface area contributed by atoms with Crippen LogP contribution in [0, 0.1) is 5.82 Å². The zero-order valence-corrected chi connectivity index (χ0v) is 17.6. The van der Waals surface area contributed by atoms with Crippen LogP contribution in [0.4, 0.5) is 4.39 Å². The van der Waals surface area contributed by atoms with Crippen LogP contribution >= 0.6 is 0 Å². The first kappa shape index (κ1) is 19.8. The molecule has 3 aromatic rings. The van der Waals surface area contributed by atoms with Crippen LogP contribution in [0.25, 0.3) is 10.9 Å². The Morgan fingerprint density at radius 3 is 2.61 bits per heavy atom. The molecule has 2 aliphatic rings. The Labute approximate surface area is 180 Å². The number of fused-ring (bicyclic) bond motifs is 3. The number of hydrogen-bond donors (Lipinski definition) is 1. The third-order valence-corrected chi connectivity index (χ3v) is 6.80.